The average Bonchev–Trinajstić information content (AvgIpc) is 4.32. The zero-order valence-electron chi connectivity index (χ0n) is 43.2. The number of furan rings is 2. The van der Waals surface area contributed by atoms with Crippen LogP contribution in [-0.4, -0.2) is 9.13 Å². The van der Waals surface area contributed by atoms with Crippen molar-refractivity contribution in [2.75, 3.05) is 9.80 Å². The van der Waals surface area contributed by atoms with E-state index in [9.17, 15) is 0 Å². The monoisotopic (exact) mass is 1020 g/mol. The second kappa shape index (κ2) is 17.3. The molecule has 0 fully saturated rings. The van der Waals surface area contributed by atoms with Gasteiger partial charge in [0.25, 0.3) is 0 Å². The van der Waals surface area contributed by atoms with E-state index in [1.807, 2.05) is 0 Å². The molecule has 0 aliphatic heterocycles. The Kier molecular flexibility index (Phi) is 9.61. The molecule has 17 aromatic rings. The van der Waals surface area contributed by atoms with Gasteiger partial charge in [0.05, 0.1) is 38.8 Å². The van der Waals surface area contributed by atoms with Crippen LogP contribution < -0.4 is 9.80 Å². The van der Waals surface area contributed by atoms with E-state index in [1.54, 1.807) is 0 Å². The maximum atomic E-state index is 7.03. The highest BCUT2D eigenvalue weighted by molar-refractivity contribution is 6.25. The minimum absolute atomic E-state index is 0.794. The van der Waals surface area contributed by atoms with Gasteiger partial charge in [0, 0.05) is 71.8 Å². The molecule has 0 amide bonds. The summed E-state index contributed by atoms with van der Waals surface area (Å²) in [6.45, 7) is 0. The molecule has 0 saturated heterocycles. The fraction of sp³-hybridized carbons (Fsp3) is 0. The second-order valence-corrected chi connectivity index (χ2v) is 20.8. The van der Waals surface area contributed by atoms with Crippen molar-refractivity contribution in [2.24, 2.45) is 0 Å². The Morgan fingerprint density at radius 2 is 0.700 bits per heavy atom. The lowest BCUT2D eigenvalue weighted by molar-refractivity contribution is 0.663. The standard InChI is InChI=1S/C74H46N4O2/c1-5-19-51(20-6-1)75(64-31-17-33-66-71(64)58-27-13-15-29-62(58)77(66)53-23-9-3-10-24-53)55-37-35-47-43-60-57-39-40-68-73(74(57)80-69(60)45-49(47)41-55)61-44-48-36-38-56(42-50(48)46-70(61)79-68)76(52-21-7-2-8-22-52)65-32-18-34-67-72(65)59-28-14-16-30-63(59)78(67)54-25-11-4-12-26-54/h1-46H. The van der Waals surface area contributed by atoms with Gasteiger partial charge in [-0.1, -0.05) is 133 Å². The second-order valence-electron chi connectivity index (χ2n) is 20.8. The number of rotatable bonds is 8. The van der Waals surface area contributed by atoms with Crippen LogP contribution in [0, 0.1) is 0 Å². The van der Waals surface area contributed by atoms with Crippen LogP contribution in [0.15, 0.2) is 288 Å². The number of fused-ring (bicyclic) bond motifs is 15. The van der Waals surface area contributed by atoms with Crippen LogP contribution in [0.5, 0.6) is 0 Å². The SMILES string of the molecule is c1ccc(N(c2ccc3cc4c(cc3c2)oc2c4ccc3oc4cc5cc(N(c6ccccc6)c6cccc7c6c6ccccc6n7-c6ccccc6)ccc5cc4c32)c2cccc3c2c2ccccc2n3-c2ccccc2)cc1. The predicted molar refractivity (Wildman–Crippen MR) is 334 cm³/mol. The molecule has 374 valence electrons. The van der Waals surface area contributed by atoms with E-state index >= 15 is 0 Å². The third kappa shape index (κ3) is 6.66. The van der Waals surface area contributed by atoms with Crippen LogP contribution in [0.2, 0.25) is 0 Å². The first-order valence-electron chi connectivity index (χ1n) is 27.2. The van der Waals surface area contributed by atoms with Gasteiger partial charge in [-0.3, -0.25) is 0 Å². The van der Waals surface area contributed by atoms with Gasteiger partial charge in [0.1, 0.15) is 22.3 Å². The van der Waals surface area contributed by atoms with Crippen LogP contribution in [0.25, 0.3) is 120 Å². The lowest BCUT2D eigenvalue weighted by atomic mass is 10.0. The minimum Gasteiger partial charge on any atom is -0.456 e. The highest BCUT2D eigenvalue weighted by Gasteiger charge is 2.25. The largest absolute Gasteiger partial charge is 0.456 e. The summed E-state index contributed by atoms with van der Waals surface area (Å²) in [4.78, 5) is 4.79. The molecule has 13 aromatic carbocycles. The number of benzene rings is 13. The van der Waals surface area contributed by atoms with Crippen molar-refractivity contribution >= 4 is 143 Å². The Labute approximate surface area is 459 Å². The van der Waals surface area contributed by atoms with E-state index < -0.39 is 0 Å². The normalized spacial score (nSPS) is 12.0. The highest BCUT2D eigenvalue weighted by atomic mass is 16.3. The number of anilines is 6. The van der Waals surface area contributed by atoms with Gasteiger partial charge >= 0.3 is 0 Å². The van der Waals surface area contributed by atoms with Crippen molar-refractivity contribution in [2.45, 2.75) is 0 Å². The van der Waals surface area contributed by atoms with Crippen molar-refractivity contribution in [1.82, 2.24) is 9.13 Å². The van der Waals surface area contributed by atoms with Crippen LogP contribution in [0.3, 0.4) is 0 Å². The Hall–Kier alpha value is -10.8. The number of nitrogens with zero attached hydrogens (tertiary/aromatic N) is 4. The third-order valence-corrected chi connectivity index (χ3v) is 16.4. The highest BCUT2D eigenvalue weighted by Crippen LogP contribution is 2.48. The Bertz CT molecular complexity index is 5310. The zero-order valence-corrected chi connectivity index (χ0v) is 43.2. The molecule has 0 saturated carbocycles. The van der Waals surface area contributed by atoms with Crippen molar-refractivity contribution < 1.29 is 8.83 Å². The molecule has 6 heteroatoms. The predicted octanol–water partition coefficient (Wildman–Crippen LogP) is 20.9. The molecule has 17 rings (SSSR count). The number of hydrogen-bond donors (Lipinski definition) is 0. The molecule has 0 atom stereocenters. The Balaban J connectivity index is 0.796. The topological polar surface area (TPSA) is 42.6 Å². The van der Waals surface area contributed by atoms with Gasteiger partial charge in [-0.25, -0.2) is 0 Å². The molecule has 0 N–H and O–H groups in total. The smallest absolute Gasteiger partial charge is 0.147 e. The quantitative estimate of drug-likeness (QED) is 0.152. The summed E-state index contributed by atoms with van der Waals surface area (Å²) in [6, 6.07) is 100. The number of aromatic nitrogens is 2. The Morgan fingerprint density at radius 1 is 0.250 bits per heavy atom. The number of hydrogen-bond acceptors (Lipinski definition) is 4. The summed E-state index contributed by atoms with van der Waals surface area (Å²) >= 11 is 0. The van der Waals surface area contributed by atoms with Crippen molar-refractivity contribution in [3.8, 4) is 11.4 Å². The summed E-state index contributed by atoms with van der Waals surface area (Å²) in [5, 5.41) is 13.4. The molecule has 0 aliphatic carbocycles. The van der Waals surface area contributed by atoms with E-state index in [0.717, 1.165) is 122 Å². The van der Waals surface area contributed by atoms with Gasteiger partial charge < -0.3 is 27.8 Å². The summed E-state index contributed by atoms with van der Waals surface area (Å²) in [7, 11) is 0. The van der Waals surface area contributed by atoms with Crippen molar-refractivity contribution in [3.63, 3.8) is 0 Å². The van der Waals surface area contributed by atoms with Crippen LogP contribution in [0.1, 0.15) is 0 Å². The summed E-state index contributed by atoms with van der Waals surface area (Å²) in [6.07, 6.45) is 0. The van der Waals surface area contributed by atoms with E-state index in [-0.39, 0.29) is 0 Å². The molecule has 0 aliphatic rings. The minimum atomic E-state index is 0.794. The maximum absolute atomic E-state index is 7.03. The molecule has 0 radical (unpaired) electrons. The molecular weight excluding hydrogens is 977 g/mol. The van der Waals surface area contributed by atoms with Gasteiger partial charge in [0.2, 0.25) is 0 Å². The molecule has 0 unspecified atom stereocenters. The summed E-state index contributed by atoms with van der Waals surface area (Å²) in [5.41, 5.74) is 16.6. The molecule has 80 heavy (non-hydrogen) atoms. The van der Waals surface area contributed by atoms with Crippen LogP contribution in [-0.2, 0) is 0 Å². The van der Waals surface area contributed by atoms with Crippen molar-refractivity contribution in [1.29, 1.82) is 0 Å². The van der Waals surface area contributed by atoms with Crippen LogP contribution >= 0.6 is 0 Å². The Morgan fingerprint density at radius 3 is 1.23 bits per heavy atom. The van der Waals surface area contributed by atoms with E-state index in [4.69, 9.17) is 8.83 Å². The molecular formula is C74H46N4O2. The van der Waals surface area contributed by atoms with Gasteiger partial charge in [-0.05, 0) is 167 Å². The van der Waals surface area contributed by atoms with Crippen LogP contribution in [0.4, 0.5) is 34.1 Å². The average molecular weight is 1020 g/mol. The first-order valence-corrected chi connectivity index (χ1v) is 27.2. The molecule has 4 heterocycles. The zero-order chi connectivity index (χ0) is 52.4. The summed E-state index contributed by atoms with van der Waals surface area (Å²) in [5.74, 6) is 0. The lowest BCUT2D eigenvalue weighted by Gasteiger charge is -2.27. The molecule has 0 spiro atoms. The molecule has 4 aromatic heterocycles. The maximum Gasteiger partial charge on any atom is 0.147 e. The molecule has 0 bridgehead atoms. The van der Waals surface area contributed by atoms with Crippen molar-refractivity contribution in [3.05, 3.63) is 279 Å². The summed E-state index contributed by atoms with van der Waals surface area (Å²) < 4.78 is 18.6. The van der Waals surface area contributed by atoms with E-state index in [0.29, 0.717) is 0 Å². The fourth-order valence-corrected chi connectivity index (χ4v) is 12.9. The number of para-hydroxylation sites is 6. The fourth-order valence-electron chi connectivity index (χ4n) is 12.9. The van der Waals surface area contributed by atoms with E-state index in [1.165, 1.54) is 32.6 Å². The lowest BCUT2D eigenvalue weighted by Crippen LogP contribution is -2.10. The van der Waals surface area contributed by atoms with Gasteiger partial charge in [0.15, 0.2) is 0 Å². The third-order valence-electron chi connectivity index (χ3n) is 16.4. The van der Waals surface area contributed by atoms with E-state index in [2.05, 4.69) is 298 Å². The first-order chi connectivity index (χ1) is 39.7. The first kappa shape index (κ1) is 44.3. The molecule has 6 nitrogen and oxygen atoms in total. The van der Waals surface area contributed by atoms with Gasteiger partial charge in [-0.2, -0.15) is 0 Å². The van der Waals surface area contributed by atoms with Gasteiger partial charge in [-0.15, -0.1) is 0 Å².